The fraction of sp³-hybridized carbons (Fsp3) is 0.342. The number of fused-ring (bicyclic) bond motifs is 1. The number of aryl methyl sites for hydroxylation is 1. The highest BCUT2D eigenvalue weighted by Crippen LogP contribution is 2.36. The van der Waals surface area contributed by atoms with Crippen LogP contribution in [0.2, 0.25) is 0 Å². The van der Waals surface area contributed by atoms with E-state index in [4.69, 9.17) is 14.2 Å². The van der Waals surface area contributed by atoms with Gasteiger partial charge < -0.3 is 29.3 Å². The van der Waals surface area contributed by atoms with Gasteiger partial charge in [0.2, 0.25) is 0 Å². The summed E-state index contributed by atoms with van der Waals surface area (Å²) in [6, 6.07) is 10.4. The summed E-state index contributed by atoms with van der Waals surface area (Å²) in [6.07, 6.45) is 4.85. The van der Waals surface area contributed by atoms with Gasteiger partial charge in [-0.2, -0.15) is 0 Å². The summed E-state index contributed by atoms with van der Waals surface area (Å²) < 4.78 is 78.4. The Labute approximate surface area is 278 Å². The van der Waals surface area contributed by atoms with Gasteiger partial charge in [-0.25, -0.2) is 17.6 Å². The highest BCUT2D eigenvalue weighted by atomic mass is 19.1. The first-order chi connectivity index (χ1) is 23.2. The number of hydrogen-bond acceptors (Lipinski definition) is 5. The van der Waals surface area contributed by atoms with Gasteiger partial charge in [0, 0.05) is 47.9 Å². The topological polar surface area (TPSA) is 72.6 Å². The van der Waals surface area contributed by atoms with Crippen molar-refractivity contribution in [1.29, 1.82) is 0 Å². The van der Waals surface area contributed by atoms with Crippen LogP contribution in [0.15, 0.2) is 66.5 Å². The minimum atomic E-state index is -0.948. The molecular formula is C38H40F4N2O4. The lowest BCUT2D eigenvalue weighted by atomic mass is 9.89. The van der Waals surface area contributed by atoms with Gasteiger partial charge in [0.15, 0.2) is 17.4 Å². The summed E-state index contributed by atoms with van der Waals surface area (Å²) in [7, 11) is 0. The van der Waals surface area contributed by atoms with E-state index in [9.17, 15) is 9.18 Å². The summed E-state index contributed by atoms with van der Waals surface area (Å²) >= 11 is 0. The predicted molar refractivity (Wildman–Crippen MR) is 178 cm³/mol. The van der Waals surface area contributed by atoms with E-state index in [0.29, 0.717) is 36.5 Å². The third-order valence-electron chi connectivity index (χ3n) is 7.73. The number of carbonyl (C=O) groups is 1. The van der Waals surface area contributed by atoms with Gasteiger partial charge in [-0.15, -0.1) is 5.92 Å². The van der Waals surface area contributed by atoms with Gasteiger partial charge in [0.1, 0.15) is 29.7 Å². The number of ether oxygens (including phenoxy) is 3. The average molecular weight is 665 g/mol. The normalized spacial score (nSPS) is 12.9. The number of hydrogen-bond donors (Lipinski definition) is 2. The lowest BCUT2D eigenvalue weighted by Crippen LogP contribution is -2.26. The summed E-state index contributed by atoms with van der Waals surface area (Å²) in [5.74, 6) is 1.70. The molecule has 0 aliphatic heterocycles. The molecule has 2 atom stereocenters. The van der Waals surface area contributed by atoms with E-state index in [0.717, 1.165) is 18.4 Å². The number of benzene rings is 3. The maximum Gasteiger partial charge on any atom is 0.199 e. The van der Waals surface area contributed by atoms with Crippen molar-refractivity contribution in [3.63, 3.8) is 0 Å². The Morgan fingerprint density at radius 2 is 1.79 bits per heavy atom. The van der Waals surface area contributed by atoms with Crippen LogP contribution in [0.1, 0.15) is 69.2 Å². The first-order valence-electron chi connectivity index (χ1n) is 15.9. The first kappa shape index (κ1) is 36.2. The maximum atomic E-state index is 15.9. The van der Waals surface area contributed by atoms with Crippen molar-refractivity contribution in [3.8, 4) is 23.3 Å². The Kier molecular flexibility index (Phi) is 13.2. The largest absolute Gasteiger partial charge is 0.451 e. The molecule has 4 rings (SSSR count). The van der Waals surface area contributed by atoms with Crippen LogP contribution in [-0.2, 0) is 20.7 Å². The van der Waals surface area contributed by atoms with Gasteiger partial charge in [-0.05, 0) is 75.9 Å². The van der Waals surface area contributed by atoms with Crippen molar-refractivity contribution in [2.45, 2.75) is 65.0 Å². The molecule has 2 N–H and O–H groups in total. The molecule has 10 heteroatoms. The number of halogens is 4. The van der Waals surface area contributed by atoms with Crippen LogP contribution in [-0.4, -0.2) is 37.2 Å². The van der Waals surface area contributed by atoms with Crippen molar-refractivity contribution in [3.05, 3.63) is 106 Å². The van der Waals surface area contributed by atoms with Gasteiger partial charge in [0.25, 0.3) is 0 Å². The minimum absolute atomic E-state index is 0.00620. The zero-order valence-electron chi connectivity index (χ0n) is 27.5. The van der Waals surface area contributed by atoms with E-state index in [-0.39, 0.29) is 47.8 Å². The Morgan fingerprint density at radius 1 is 0.979 bits per heavy atom. The fourth-order valence-electron chi connectivity index (χ4n) is 5.42. The van der Waals surface area contributed by atoms with E-state index in [1.807, 2.05) is 13.8 Å². The molecular weight excluding hydrogens is 624 g/mol. The van der Waals surface area contributed by atoms with Crippen molar-refractivity contribution in [1.82, 2.24) is 10.3 Å². The molecule has 0 aliphatic rings. The zero-order valence-corrected chi connectivity index (χ0v) is 27.5. The number of aromatic nitrogens is 1. The van der Waals surface area contributed by atoms with Crippen LogP contribution < -0.4 is 10.1 Å². The molecule has 1 aromatic heterocycles. The second kappa shape index (κ2) is 17.5. The molecule has 0 saturated heterocycles. The summed E-state index contributed by atoms with van der Waals surface area (Å²) in [4.78, 5) is 13.8. The predicted octanol–water partition coefficient (Wildman–Crippen LogP) is 8.82. The zero-order chi connectivity index (χ0) is 34.6. The summed E-state index contributed by atoms with van der Waals surface area (Å²) in [5, 5.41) is 3.43. The van der Waals surface area contributed by atoms with Crippen LogP contribution in [0.3, 0.4) is 0 Å². The van der Waals surface area contributed by atoms with Crippen LogP contribution in [0.5, 0.6) is 11.5 Å². The fourth-order valence-corrected chi connectivity index (χ4v) is 5.42. The summed E-state index contributed by atoms with van der Waals surface area (Å²) in [6.45, 7) is 8.26. The smallest absolute Gasteiger partial charge is 0.199 e. The molecule has 4 aromatic rings. The maximum absolute atomic E-state index is 15.9. The molecule has 6 nitrogen and oxygen atoms in total. The molecule has 48 heavy (non-hydrogen) atoms. The monoisotopic (exact) mass is 664 g/mol. The highest BCUT2D eigenvalue weighted by molar-refractivity contribution is 5.82. The van der Waals surface area contributed by atoms with E-state index in [2.05, 4.69) is 22.1 Å². The van der Waals surface area contributed by atoms with Gasteiger partial charge in [0.05, 0.1) is 24.8 Å². The van der Waals surface area contributed by atoms with E-state index >= 15 is 13.2 Å². The minimum Gasteiger partial charge on any atom is -0.451 e. The number of allylic oxidation sites excluding steroid dienone is 2. The summed E-state index contributed by atoms with van der Waals surface area (Å²) in [5.41, 5.74) is 1.67. The van der Waals surface area contributed by atoms with Crippen LogP contribution >= 0.6 is 0 Å². The Balaban J connectivity index is 1.65. The van der Waals surface area contributed by atoms with Crippen molar-refractivity contribution in [2.75, 3.05) is 19.8 Å². The van der Waals surface area contributed by atoms with Gasteiger partial charge in [-0.1, -0.05) is 30.2 Å². The quantitative estimate of drug-likeness (QED) is 0.0511. The molecule has 0 aliphatic carbocycles. The van der Waals surface area contributed by atoms with Crippen molar-refractivity contribution in [2.24, 2.45) is 0 Å². The molecule has 0 radical (unpaired) electrons. The van der Waals surface area contributed by atoms with E-state index in [1.54, 1.807) is 38.1 Å². The van der Waals surface area contributed by atoms with Crippen LogP contribution in [0, 0.1) is 35.1 Å². The Morgan fingerprint density at radius 3 is 2.52 bits per heavy atom. The molecule has 1 heterocycles. The standard InChI is InChI=1S/C38H40F4N2O4/c1-5-9-34(30-22-26(13-14-31(30)39)48-38-32(40)23-35-29(37(38)42)15-17-43-35)44-33(6-2)27(16-19-46-20-21-47-24(3)4)28-12-7-10-25(36(28)41)11-8-18-45/h6-7,10,12-15,17-18,22-24,27,34,43-44H,8,11,16,19-21H2,1-4H3/b33-6-. The SMILES string of the molecule is CC#CC(N/C(=C\C)C(CCOCCOC(C)C)c1cccc(CCC=O)c1F)c1cc(Oc2c(F)cc3[nH]ccc3c2F)ccc1F. The van der Waals surface area contributed by atoms with Crippen LogP contribution in [0.25, 0.3) is 10.9 Å². The second-order valence-electron chi connectivity index (χ2n) is 11.3. The molecule has 0 bridgehead atoms. The van der Waals surface area contributed by atoms with E-state index in [1.165, 1.54) is 24.4 Å². The number of rotatable bonds is 17. The lowest BCUT2D eigenvalue weighted by Gasteiger charge is -2.27. The van der Waals surface area contributed by atoms with Crippen molar-refractivity contribution >= 4 is 17.2 Å². The second-order valence-corrected chi connectivity index (χ2v) is 11.3. The molecule has 3 aromatic carbocycles. The van der Waals surface area contributed by atoms with E-state index < -0.39 is 41.0 Å². The molecule has 254 valence electrons. The number of carbonyl (C=O) groups excluding carboxylic acids is 1. The van der Waals surface area contributed by atoms with Gasteiger partial charge in [-0.3, -0.25) is 0 Å². The number of H-pyrrole nitrogens is 1. The number of aldehydes is 1. The molecule has 2 unspecified atom stereocenters. The third kappa shape index (κ3) is 9.06. The lowest BCUT2D eigenvalue weighted by molar-refractivity contribution is -0.107. The Hall–Kier alpha value is -4.59. The Bertz CT molecular complexity index is 1790. The van der Waals surface area contributed by atoms with Gasteiger partial charge >= 0.3 is 0 Å². The number of aromatic amines is 1. The first-order valence-corrected chi connectivity index (χ1v) is 15.9. The number of nitrogens with one attached hydrogen (secondary N) is 2. The van der Waals surface area contributed by atoms with Crippen molar-refractivity contribution < 1.29 is 36.6 Å². The highest BCUT2D eigenvalue weighted by Gasteiger charge is 2.25. The molecule has 0 spiro atoms. The average Bonchev–Trinajstić information content (AvgIpc) is 3.54. The molecule has 0 amide bonds. The molecule has 0 saturated carbocycles. The molecule has 0 fully saturated rings. The van der Waals surface area contributed by atoms with Crippen LogP contribution in [0.4, 0.5) is 17.6 Å². The third-order valence-corrected chi connectivity index (χ3v) is 7.73.